The van der Waals surface area contributed by atoms with E-state index in [1.54, 1.807) is 6.08 Å². The number of halogens is 2. The standard InChI is InChI=1S/C6H8BrF/c7-5-3-1-2-4-6(5)8/h4-5H,1-3H2. The van der Waals surface area contributed by atoms with Crippen LogP contribution in [0.3, 0.4) is 0 Å². The molecule has 2 heteroatoms. The van der Waals surface area contributed by atoms with Crippen LogP contribution < -0.4 is 0 Å². The predicted octanol–water partition coefficient (Wildman–Crippen LogP) is 2.79. The van der Waals surface area contributed by atoms with Crippen molar-refractivity contribution in [3.63, 3.8) is 0 Å². The van der Waals surface area contributed by atoms with Gasteiger partial charge in [-0.1, -0.05) is 22.0 Å². The highest BCUT2D eigenvalue weighted by Gasteiger charge is 2.12. The molecule has 0 fully saturated rings. The van der Waals surface area contributed by atoms with Gasteiger partial charge in [-0.2, -0.15) is 0 Å². The Balaban J connectivity index is 2.53. The second-order valence-electron chi connectivity index (χ2n) is 1.99. The van der Waals surface area contributed by atoms with E-state index in [0.29, 0.717) is 0 Å². The number of allylic oxidation sites excluding steroid dienone is 2. The zero-order chi connectivity index (χ0) is 5.98. The van der Waals surface area contributed by atoms with Crippen LogP contribution in [0.15, 0.2) is 11.9 Å². The minimum Gasteiger partial charge on any atom is -0.211 e. The van der Waals surface area contributed by atoms with Crippen molar-refractivity contribution in [2.75, 3.05) is 0 Å². The molecule has 1 atom stereocenters. The van der Waals surface area contributed by atoms with E-state index in [1.807, 2.05) is 0 Å². The van der Waals surface area contributed by atoms with E-state index < -0.39 is 0 Å². The zero-order valence-electron chi connectivity index (χ0n) is 4.53. The average molecular weight is 179 g/mol. The van der Waals surface area contributed by atoms with E-state index >= 15 is 0 Å². The van der Waals surface area contributed by atoms with Crippen molar-refractivity contribution in [1.82, 2.24) is 0 Å². The second-order valence-corrected chi connectivity index (χ2v) is 3.09. The molecule has 8 heavy (non-hydrogen) atoms. The summed E-state index contributed by atoms with van der Waals surface area (Å²) in [6.45, 7) is 0. The summed E-state index contributed by atoms with van der Waals surface area (Å²) in [7, 11) is 0. The smallest absolute Gasteiger partial charge is 0.110 e. The summed E-state index contributed by atoms with van der Waals surface area (Å²) in [6, 6.07) is 0. The van der Waals surface area contributed by atoms with E-state index in [1.165, 1.54) is 0 Å². The molecule has 0 aliphatic heterocycles. The summed E-state index contributed by atoms with van der Waals surface area (Å²) in [5.74, 6) is 0.0104. The van der Waals surface area contributed by atoms with Crippen molar-refractivity contribution in [3.8, 4) is 0 Å². The predicted molar refractivity (Wildman–Crippen MR) is 35.8 cm³/mol. The Kier molecular flexibility index (Phi) is 2.06. The normalized spacial score (nSPS) is 29.8. The Labute approximate surface area is 56.9 Å². The molecule has 0 saturated heterocycles. The van der Waals surface area contributed by atoms with E-state index in [2.05, 4.69) is 15.9 Å². The van der Waals surface area contributed by atoms with Crippen LogP contribution in [0.4, 0.5) is 4.39 Å². The summed E-state index contributed by atoms with van der Waals surface area (Å²) in [4.78, 5) is 0.0104. The molecule has 0 N–H and O–H groups in total. The molecule has 0 aromatic carbocycles. The number of hydrogen-bond acceptors (Lipinski definition) is 0. The lowest BCUT2D eigenvalue weighted by Gasteiger charge is -2.10. The first-order valence-electron chi connectivity index (χ1n) is 2.80. The van der Waals surface area contributed by atoms with Gasteiger partial charge in [0.2, 0.25) is 0 Å². The van der Waals surface area contributed by atoms with Crippen LogP contribution in [0, 0.1) is 0 Å². The third-order valence-electron chi connectivity index (χ3n) is 1.30. The van der Waals surface area contributed by atoms with Crippen molar-refractivity contribution in [2.45, 2.75) is 24.1 Å². The van der Waals surface area contributed by atoms with Gasteiger partial charge in [-0.3, -0.25) is 0 Å². The van der Waals surface area contributed by atoms with Crippen molar-refractivity contribution in [2.24, 2.45) is 0 Å². The molecule has 0 heterocycles. The molecular formula is C6H8BrF. The van der Waals surface area contributed by atoms with E-state index in [0.717, 1.165) is 19.3 Å². The SMILES string of the molecule is FC1=CCCCC1Br. The van der Waals surface area contributed by atoms with Gasteiger partial charge >= 0.3 is 0 Å². The van der Waals surface area contributed by atoms with Crippen LogP contribution in [0.25, 0.3) is 0 Å². The van der Waals surface area contributed by atoms with Crippen LogP contribution in [-0.4, -0.2) is 4.83 Å². The minimum atomic E-state index is 0.0104. The zero-order valence-corrected chi connectivity index (χ0v) is 6.12. The van der Waals surface area contributed by atoms with Gasteiger partial charge in [-0.05, 0) is 19.3 Å². The lowest BCUT2D eigenvalue weighted by Crippen LogP contribution is -2.02. The van der Waals surface area contributed by atoms with Gasteiger partial charge in [-0.25, -0.2) is 4.39 Å². The molecule has 0 amide bonds. The van der Waals surface area contributed by atoms with Gasteiger partial charge in [0.1, 0.15) is 5.83 Å². The third kappa shape index (κ3) is 1.31. The Hall–Kier alpha value is 0.150. The molecule has 1 aliphatic carbocycles. The van der Waals surface area contributed by atoms with Crippen molar-refractivity contribution in [1.29, 1.82) is 0 Å². The van der Waals surface area contributed by atoms with Crippen molar-refractivity contribution in [3.05, 3.63) is 11.9 Å². The number of rotatable bonds is 0. The Morgan fingerprint density at radius 2 is 2.50 bits per heavy atom. The largest absolute Gasteiger partial charge is 0.211 e. The number of alkyl halides is 1. The Morgan fingerprint density at radius 1 is 1.75 bits per heavy atom. The summed E-state index contributed by atoms with van der Waals surface area (Å²) in [5.41, 5.74) is 0. The molecule has 1 unspecified atom stereocenters. The van der Waals surface area contributed by atoms with Gasteiger partial charge in [-0.15, -0.1) is 0 Å². The maximum atomic E-state index is 12.4. The number of hydrogen-bond donors (Lipinski definition) is 0. The van der Waals surface area contributed by atoms with Gasteiger partial charge in [0.25, 0.3) is 0 Å². The first-order chi connectivity index (χ1) is 3.80. The Morgan fingerprint density at radius 3 is 2.88 bits per heavy atom. The van der Waals surface area contributed by atoms with Crippen LogP contribution >= 0.6 is 15.9 Å². The highest BCUT2D eigenvalue weighted by Crippen LogP contribution is 2.24. The van der Waals surface area contributed by atoms with E-state index in [4.69, 9.17) is 0 Å². The van der Waals surface area contributed by atoms with Crippen LogP contribution in [0.2, 0.25) is 0 Å². The van der Waals surface area contributed by atoms with Gasteiger partial charge in [0, 0.05) is 0 Å². The first-order valence-corrected chi connectivity index (χ1v) is 3.72. The maximum absolute atomic E-state index is 12.4. The van der Waals surface area contributed by atoms with E-state index in [9.17, 15) is 4.39 Å². The third-order valence-corrected chi connectivity index (χ3v) is 2.20. The van der Waals surface area contributed by atoms with Gasteiger partial charge in [0.15, 0.2) is 0 Å². The molecule has 0 bridgehead atoms. The highest BCUT2D eigenvalue weighted by molar-refractivity contribution is 9.09. The van der Waals surface area contributed by atoms with Crippen molar-refractivity contribution >= 4 is 15.9 Å². The molecule has 0 radical (unpaired) electrons. The first kappa shape index (κ1) is 6.27. The fourth-order valence-corrected chi connectivity index (χ4v) is 1.31. The molecule has 0 nitrogen and oxygen atoms in total. The van der Waals surface area contributed by atoms with Crippen molar-refractivity contribution < 1.29 is 4.39 Å². The molecule has 0 spiro atoms. The second kappa shape index (κ2) is 2.62. The summed E-state index contributed by atoms with van der Waals surface area (Å²) < 4.78 is 12.4. The summed E-state index contributed by atoms with van der Waals surface area (Å²) in [5, 5.41) is 0. The fraction of sp³-hybridized carbons (Fsp3) is 0.667. The van der Waals surface area contributed by atoms with Gasteiger partial charge < -0.3 is 0 Å². The molecule has 0 saturated carbocycles. The lowest BCUT2D eigenvalue weighted by atomic mass is 10.1. The lowest BCUT2D eigenvalue weighted by molar-refractivity contribution is 0.547. The highest BCUT2D eigenvalue weighted by atomic mass is 79.9. The molecule has 0 aromatic heterocycles. The van der Waals surface area contributed by atoms with Crippen LogP contribution in [0.5, 0.6) is 0 Å². The maximum Gasteiger partial charge on any atom is 0.110 e. The Bertz CT molecular complexity index is 109. The van der Waals surface area contributed by atoms with E-state index in [-0.39, 0.29) is 10.7 Å². The summed E-state index contributed by atoms with van der Waals surface area (Å²) in [6.07, 6.45) is 4.63. The van der Waals surface area contributed by atoms with Crippen LogP contribution in [-0.2, 0) is 0 Å². The average Bonchev–Trinajstić information content (AvgIpc) is 1.77. The quantitative estimate of drug-likeness (QED) is 0.501. The fourth-order valence-electron chi connectivity index (χ4n) is 0.803. The van der Waals surface area contributed by atoms with Crippen LogP contribution in [0.1, 0.15) is 19.3 Å². The molecule has 0 aromatic rings. The van der Waals surface area contributed by atoms with Gasteiger partial charge in [0.05, 0.1) is 4.83 Å². The summed E-state index contributed by atoms with van der Waals surface area (Å²) >= 11 is 3.21. The molecule has 1 aliphatic rings. The monoisotopic (exact) mass is 178 g/mol. The molecule has 1 rings (SSSR count). The molecular weight excluding hydrogens is 171 g/mol. The topological polar surface area (TPSA) is 0 Å². The minimum absolute atomic E-state index is 0.0104. The molecule has 46 valence electrons.